The standard InChI is InChI=1S/C14H21N3O2/c1-3-8-14(15)9-17(10-14)13(18)16-11-6-4-5-7-12(11)19-2/h4-7H,3,8-10,15H2,1-2H3,(H,16,18). The first-order valence-corrected chi connectivity index (χ1v) is 6.56. The van der Waals surface area contributed by atoms with Gasteiger partial charge in [0.05, 0.1) is 18.3 Å². The molecule has 2 rings (SSSR count). The van der Waals surface area contributed by atoms with Crippen molar-refractivity contribution in [1.82, 2.24) is 4.90 Å². The Bertz CT molecular complexity index is 456. The highest BCUT2D eigenvalue weighted by molar-refractivity contribution is 5.91. The molecular formula is C14H21N3O2. The number of para-hydroxylation sites is 2. The second-order valence-corrected chi connectivity index (χ2v) is 5.10. The fourth-order valence-electron chi connectivity index (χ4n) is 2.46. The summed E-state index contributed by atoms with van der Waals surface area (Å²) < 4.78 is 5.20. The van der Waals surface area contributed by atoms with E-state index >= 15 is 0 Å². The number of nitrogens with one attached hydrogen (secondary N) is 1. The molecule has 19 heavy (non-hydrogen) atoms. The number of benzene rings is 1. The molecule has 1 aliphatic rings. The number of hydrogen-bond donors (Lipinski definition) is 2. The SMILES string of the molecule is CCCC1(N)CN(C(=O)Nc2ccccc2OC)C1. The Labute approximate surface area is 113 Å². The van der Waals surface area contributed by atoms with Gasteiger partial charge in [0, 0.05) is 13.1 Å². The fraction of sp³-hybridized carbons (Fsp3) is 0.500. The van der Waals surface area contributed by atoms with Crippen LogP contribution >= 0.6 is 0 Å². The number of nitrogens with zero attached hydrogens (tertiary/aromatic N) is 1. The van der Waals surface area contributed by atoms with Crippen LogP contribution in [0.4, 0.5) is 10.5 Å². The topological polar surface area (TPSA) is 67.6 Å². The molecule has 0 atom stereocenters. The van der Waals surface area contributed by atoms with Gasteiger partial charge in [-0.05, 0) is 18.6 Å². The predicted octanol–water partition coefficient (Wildman–Crippen LogP) is 2.04. The molecule has 0 saturated carbocycles. The average Bonchev–Trinajstić information content (AvgIpc) is 2.36. The largest absolute Gasteiger partial charge is 0.495 e. The van der Waals surface area contributed by atoms with E-state index < -0.39 is 0 Å². The van der Waals surface area contributed by atoms with Crippen molar-refractivity contribution in [3.05, 3.63) is 24.3 Å². The molecule has 0 unspecified atom stereocenters. The van der Waals surface area contributed by atoms with Crippen molar-refractivity contribution in [3.63, 3.8) is 0 Å². The van der Waals surface area contributed by atoms with Gasteiger partial charge in [0.2, 0.25) is 0 Å². The normalized spacial score (nSPS) is 16.7. The summed E-state index contributed by atoms with van der Waals surface area (Å²) in [6, 6.07) is 7.23. The average molecular weight is 263 g/mol. The maximum Gasteiger partial charge on any atom is 0.322 e. The van der Waals surface area contributed by atoms with E-state index in [1.54, 1.807) is 12.0 Å². The quantitative estimate of drug-likeness (QED) is 0.873. The Morgan fingerprint density at radius 2 is 2.16 bits per heavy atom. The van der Waals surface area contributed by atoms with Crippen molar-refractivity contribution < 1.29 is 9.53 Å². The van der Waals surface area contributed by atoms with E-state index in [2.05, 4.69) is 12.2 Å². The lowest BCUT2D eigenvalue weighted by Gasteiger charge is -2.47. The minimum absolute atomic E-state index is 0.123. The lowest BCUT2D eigenvalue weighted by atomic mass is 9.87. The highest BCUT2D eigenvalue weighted by Gasteiger charge is 2.41. The number of carbonyl (C=O) groups excluding carboxylic acids is 1. The Morgan fingerprint density at radius 3 is 2.79 bits per heavy atom. The van der Waals surface area contributed by atoms with E-state index in [0.717, 1.165) is 12.8 Å². The molecule has 3 N–H and O–H groups in total. The van der Waals surface area contributed by atoms with Crippen LogP contribution in [0.2, 0.25) is 0 Å². The first-order valence-electron chi connectivity index (χ1n) is 6.56. The van der Waals surface area contributed by atoms with Crippen LogP contribution in [0.15, 0.2) is 24.3 Å². The smallest absolute Gasteiger partial charge is 0.322 e. The molecule has 0 aliphatic carbocycles. The van der Waals surface area contributed by atoms with Crippen LogP contribution in [-0.4, -0.2) is 36.7 Å². The van der Waals surface area contributed by atoms with Crippen molar-refractivity contribution in [2.24, 2.45) is 5.73 Å². The summed E-state index contributed by atoms with van der Waals surface area (Å²) in [6.07, 6.45) is 1.99. The van der Waals surface area contributed by atoms with Crippen LogP contribution in [0.3, 0.4) is 0 Å². The molecule has 1 aromatic rings. The number of anilines is 1. The summed E-state index contributed by atoms with van der Waals surface area (Å²) in [6.45, 7) is 3.33. The highest BCUT2D eigenvalue weighted by Crippen LogP contribution is 2.27. The van der Waals surface area contributed by atoms with Crippen LogP contribution < -0.4 is 15.8 Å². The second kappa shape index (κ2) is 5.48. The van der Waals surface area contributed by atoms with Gasteiger partial charge in [0.25, 0.3) is 0 Å². The molecule has 2 amide bonds. The van der Waals surface area contributed by atoms with Crippen molar-refractivity contribution in [3.8, 4) is 5.75 Å². The minimum Gasteiger partial charge on any atom is -0.495 e. The number of urea groups is 1. The molecule has 104 valence electrons. The number of hydrogen-bond acceptors (Lipinski definition) is 3. The third kappa shape index (κ3) is 2.98. The molecule has 0 aromatic heterocycles. The van der Waals surface area contributed by atoms with Gasteiger partial charge in [-0.2, -0.15) is 0 Å². The zero-order valence-corrected chi connectivity index (χ0v) is 11.5. The maximum atomic E-state index is 12.1. The maximum absolute atomic E-state index is 12.1. The zero-order chi connectivity index (χ0) is 13.9. The van der Waals surface area contributed by atoms with Gasteiger partial charge in [0.1, 0.15) is 5.75 Å². The number of rotatable bonds is 4. The number of methoxy groups -OCH3 is 1. The highest BCUT2D eigenvalue weighted by atomic mass is 16.5. The molecule has 1 fully saturated rings. The number of likely N-dealkylation sites (tertiary alicyclic amines) is 1. The number of carbonyl (C=O) groups is 1. The lowest BCUT2D eigenvalue weighted by Crippen LogP contribution is -2.69. The van der Waals surface area contributed by atoms with Gasteiger partial charge >= 0.3 is 6.03 Å². The Balaban J connectivity index is 1.93. The predicted molar refractivity (Wildman–Crippen MR) is 75.4 cm³/mol. The van der Waals surface area contributed by atoms with Crippen molar-refractivity contribution in [2.75, 3.05) is 25.5 Å². The van der Waals surface area contributed by atoms with Gasteiger partial charge in [-0.25, -0.2) is 4.79 Å². The fourth-order valence-corrected chi connectivity index (χ4v) is 2.46. The van der Waals surface area contributed by atoms with Crippen molar-refractivity contribution >= 4 is 11.7 Å². The number of nitrogens with two attached hydrogens (primary N) is 1. The molecule has 5 nitrogen and oxygen atoms in total. The van der Waals surface area contributed by atoms with Gasteiger partial charge in [-0.1, -0.05) is 25.5 Å². The van der Waals surface area contributed by atoms with Crippen LogP contribution in [0.25, 0.3) is 0 Å². The summed E-state index contributed by atoms with van der Waals surface area (Å²) in [5, 5.41) is 2.85. The van der Waals surface area contributed by atoms with Gasteiger partial charge in [0.15, 0.2) is 0 Å². The lowest BCUT2D eigenvalue weighted by molar-refractivity contribution is 0.0979. The summed E-state index contributed by atoms with van der Waals surface area (Å²) in [5.74, 6) is 0.656. The van der Waals surface area contributed by atoms with Crippen LogP contribution in [-0.2, 0) is 0 Å². The summed E-state index contributed by atoms with van der Waals surface area (Å²) in [4.78, 5) is 13.8. The molecule has 0 spiro atoms. The Morgan fingerprint density at radius 1 is 1.47 bits per heavy atom. The molecule has 0 radical (unpaired) electrons. The van der Waals surface area contributed by atoms with E-state index in [4.69, 9.17) is 10.5 Å². The zero-order valence-electron chi connectivity index (χ0n) is 11.5. The molecule has 1 heterocycles. The second-order valence-electron chi connectivity index (χ2n) is 5.10. The third-order valence-corrected chi connectivity index (χ3v) is 3.40. The van der Waals surface area contributed by atoms with Crippen molar-refractivity contribution in [1.29, 1.82) is 0 Å². The minimum atomic E-state index is -0.202. The molecule has 0 bridgehead atoms. The molecule has 1 aromatic carbocycles. The summed E-state index contributed by atoms with van der Waals surface area (Å²) >= 11 is 0. The Kier molecular flexibility index (Phi) is 3.95. The van der Waals surface area contributed by atoms with Crippen LogP contribution in [0.5, 0.6) is 5.75 Å². The van der Waals surface area contributed by atoms with E-state index in [-0.39, 0.29) is 11.6 Å². The van der Waals surface area contributed by atoms with Gasteiger partial charge < -0.3 is 20.7 Å². The first-order chi connectivity index (χ1) is 9.08. The molecule has 5 heteroatoms. The van der Waals surface area contributed by atoms with Crippen molar-refractivity contribution in [2.45, 2.75) is 25.3 Å². The van der Waals surface area contributed by atoms with E-state index in [1.807, 2.05) is 24.3 Å². The van der Waals surface area contributed by atoms with E-state index in [9.17, 15) is 4.79 Å². The van der Waals surface area contributed by atoms with E-state index in [0.29, 0.717) is 24.5 Å². The molecular weight excluding hydrogens is 242 g/mol. The molecule has 1 aliphatic heterocycles. The van der Waals surface area contributed by atoms with Gasteiger partial charge in [-0.15, -0.1) is 0 Å². The van der Waals surface area contributed by atoms with Crippen LogP contribution in [0, 0.1) is 0 Å². The molecule has 1 saturated heterocycles. The summed E-state index contributed by atoms with van der Waals surface area (Å²) in [7, 11) is 1.58. The third-order valence-electron chi connectivity index (χ3n) is 3.40. The summed E-state index contributed by atoms with van der Waals surface area (Å²) in [5.41, 5.74) is 6.62. The monoisotopic (exact) mass is 263 g/mol. The van der Waals surface area contributed by atoms with Gasteiger partial charge in [-0.3, -0.25) is 0 Å². The van der Waals surface area contributed by atoms with Crippen LogP contribution in [0.1, 0.15) is 19.8 Å². The van der Waals surface area contributed by atoms with E-state index in [1.165, 1.54) is 0 Å². The first kappa shape index (κ1) is 13.7. The number of amides is 2. The Hall–Kier alpha value is -1.75. The number of ether oxygens (including phenoxy) is 1.